The summed E-state index contributed by atoms with van der Waals surface area (Å²) in [5, 5.41) is 20.9. The number of thiazole rings is 1. The molecule has 0 fully saturated rings. The summed E-state index contributed by atoms with van der Waals surface area (Å²) < 4.78 is 0. The Morgan fingerprint density at radius 3 is 2.81 bits per heavy atom. The van der Waals surface area contributed by atoms with E-state index in [9.17, 15) is 0 Å². The zero-order valence-electron chi connectivity index (χ0n) is 8.45. The molecule has 3 nitrogen and oxygen atoms in total. The van der Waals surface area contributed by atoms with Crippen LogP contribution < -0.4 is 0 Å². The average Bonchev–Trinajstić information content (AvgIpc) is 2.79. The van der Waals surface area contributed by atoms with E-state index >= 15 is 0 Å². The molecule has 16 heavy (non-hydrogen) atoms. The maximum Gasteiger partial charge on any atom is 0.178 e. The van der Waals surface area contributed by atoms with Gasteiger partial charge in [-0.25, -0.2) is 4.98 Å². The van der Waals surface area contributed by atoms with Crippen molar-refractivity contribution in [3.8, 4) is 0 Å². The van der Waals surface area contributed by atoms with Crippen LogP contribution in [0.4, 0.5) is 0 Å². The molecule has 82 valence electrons. The van der Waals surface area contributed by atoms with Gasteiger partial charge in [-0.2, -0.15) is 0 Å². The minimum Gasteiger partial charge on any atom is -0.364 e. The summed E-state index contributed by atoms with van der Waals surface area (Å²) in [6, 6.07) is 7.09. The van der Waals surface area contributed by atoms with E-state index < -0.39 is 6.29 Å². The van der Waals surface area contributed by atoms with Crippen molar-refractivity contribution in [1.82, 2.24) is 4.98 Å². The van der Waals surface area contributed by atoms with Gasteiger partial charge in [-0.15, -0.1) is 11.3 Å². The average molecular weight is 233 g/mol. The lowest BCUT2D eigenvalue weighted by Gasteiger charge is -2.03. The van der Waals surface area contributed by atoms with E-state index in [2.05, 4.69) is 4.98 Å². The van der Waals surface area contributed by atoms with E-state index in [4.69, 9.17) is 10.2 Å². The second kappa shape index (κ2) is 5.03. The SMILES string of the molecule is OC(O)c1cccc(/C=C/c2nccs2)c1. The largest absolute Gasteiger partial charge is 0.364 e. The number of hydrogen-bond acceptors (Lipinski definition) is 4. The number of nitrogens with zero attached hydrogens (tertiary/aromatic N) is 1. The molecule has 0 saturated heterocycles. The molecular weight excluding hydrogens is 222 g/mol. The van der Waals surface area contributed by atoms with Crippen molar-refractivity contribution >= 4 is 23.5 Å². The Morgan fingerprint density at radius 2 is 2.12 bits per heavy atom. The van der Waals surface area contributed by atoms with Gasteiger partial charge in [0.2, 0.25) is 0 Å². The number of aliphatic hydroxyl groups is 2. The number of aromatic nitrogens is 1. The topological polar surface area (TPSA) is 53.4 Å². The summed E-state index contributed by atoms with van der Waals surface area (Å²) in [5.74, 6) is 0. The molecule has 2 N–H and O–H groups in total. The Bertz CT molecular complexity index is 478. The molecule has 0 aliphatic carbocycles. The fraction of sp³-hybridized carbons (Fsp3) is 0.0833. The predicted molar refractivity (Wildman–Crippen MR) is 64.7 cm³/mol. The van der Waals surface area contributed by atoms with Crippen LogP contribution in [-0.2, 0) is 0 Å². The minimum absolute atomic E-state index is 0.487. The summed E-state index contributed by atoms with van der Waals surface area (Å²) in [7, 11) is 0. The van der Waals surface area contributed by atoms with E-state index in [1.54, 1.807) is 35.7 Å². The molecule has 0 spiro atoms. The van der Waals surface area contributed by atoms with Gasteiger partial charge < -0.3 is 10.2 Å². The van der Waals surface area contributed by atoms with E-state index in [-0.39, 0.29) is 0 Å². The molecule has 0 amide bonds. The Labute approximate surface area is 97.3 Å². The third kappa shape index (κ3) is 2.76. The quantitative estimate of drug-likeness (QED) is 0.800. The van der Waals surface area contributed by atoms with Crippen LogP contribution in [0.1, 0.15) is 22.4 Å². The lowest BCUT2D eigenvalue weighted by molar-refractivity contribution is -0.0424. The first-order valence-corrected chi connectivity index (χ1v) is 5.67. The molecule has 1 heterocycles. The molecule has 0 bridgehead atoms. The van der Waals surface area contributed by atoms with Crippen LogP contribution in [0.25, 0.3) is 12.2 Å². The highest BCUT2D eigenvalue weighted by atomic mass is 32.1. The molecular formula is C12H11NO2S. The van der Waals surface area contributed by atoms with Crippen LogP contribution >= 0.6 is 11.3 Å². The highest BCUT2D eigenvalue weighted by molar-refractivity contribution is 7.10. The Balaban J connectivity index is 2.18. The molecule has 0 radical (unpaired) electrons. The fourth-order valence-electron chi connectivity index (χ4n) is 1.31. The number of rotatable bonds is 3. The molecule has 1 aromatic heterocycles. The number of hydrogen-bond donors (Lipinski definition) is 2. The van der Waals surface area contributed by atoms with Crippen molar-refractivity contribution < 1.29 is 10.2 Å². The van der Waals surface area contributed by atoms with Crippen molar-refractivity contribution in [2.75, 3.05) is 0 Å². The zero-order chi connectivity index (χ0) is 11.4. The summed E-state index contributed by atoms with van der Waals surface area (Å²) in [4.78, 5) is 4.12. The molecule has 0 aliphatic rings. The van der Waals surface area contributed by atoms with Gasteiger partial charge in [0.1, 0.15) is 5.01 Å². The normalized spacial score (nSPS) is 11.4. The predicted octanol–water partition coefficient (Wildman–Crippen LogP) is 2.30. The Kier molecular flexibility index (Phi) is 3.46. The van der Waals surface area contributed by atoms with Gasteiger partial charge >= 0.3 is 0 Å². The van der Waals surface area contributed by atoms with Crippen LogP contribution in [0.2, 0.25) is 0 Å². The molecule has 0 saturated carbocycles. The maximum absolute atomic E-state index is 9.02. The lowest BCUT2D eigenvalue weighted by atomic mass is 10.1. The van der Waals surface area contributed by atoms with Crippen LogP contribution in [-0.4, -0.2) is 15.2 Å². The Hall–Kier alpha value is -1.49. The van der Waals surface area contributed by atoms with Gasteiger partial charge in [0.05, 0.1) is 0 Å². The van der Waals surface area contributed by atoms with Gasteiger partial charge in [-0.1, -0.05) is 24.3 Å². The van der Waals surface area contributed by atoms with Gasteiger partial charge in [-0.05, 0) is 17.7 Å². The van der Waals surface area contributed by atoms with Gasteiger partial charge in [0, 0.05) is 17.1 Å². The van der Waals surface area contributed by atoms with Crippen LogP contribution in [0.3, 0.4) is 0 Å². The summed E-state index contributed by atoms with van der Waals surface area (Å²) in [6.45, 7) is 0. The molecule has 0 atom stereocenters. The van der Waals surface area contributed by atoms with Crippen LogP contribution in [0.5, 0.6) is 0 Å². The molecule has 0 unspecified atom stereocenters. The van der Waals surface area contributed by atoms with Gasteiger partial charge in [0.25, 0.3) is 0 Å². The van der Waals surface area contributed by atoms with E-state index in [1.807, 2.05) is 23.6 Å². The molecule has 1 aromatic carbocycles. The number of benzene rings is 1. The first-order chi connectivity index (χ1) is 7.75. The second-order valence-corrected chi connectivity index (χ2v) is 4.17. The standard InChI is InChI=1S/C12H11NO2S/c14-12(15)10-3-1-2-9(8-10)4-5-11-13-6-7-16-11/h1-8,12,14-15H/b5-4+. The first kappa shape index (κ1) is 11.0. The lowest BCUT2D eigenvalue weighted by Crippen LogP contribution is -1.94. The summed E-state index contributed by atoms with van der Waals surface area (Å²) in [5.41, 5.74) is 1.40. The van der Waals surface area contributed by atoms with Crippen molar-refractivity contribution in [2.45, 2.75) is 6.29 Å². The monoisotopic (exact) mass is 233 g/mol. The van der Waals surface area contributed by atoms with Gasteiger partial charge in [-0.3, -0.25) is 0 Å². The smallest absolute Gasteiger partial charge is 0.178 e. The summed E-state index contributed by atoms with van der Waals surface area (Å²) >= 11 is 1.56. The maximum atomic E-state index is 9.02. The molecule has 2 rings (SSSR count). The van der Waals surface area contributed by atoms with E-state index in [0.717, 1.165) is 10.6 Å². The zero-order valence-corrected chi connectivity index (χ0v) is 9.26. The minimum atomic E-state index is -1.42. The van der Waals surface area contributed by atoms with Gasteiger partial charge in [0.15, 0.2) is 6.29 Å². The van der Waals surface area contributed by atoms with Crippen molar-refractivity contribution in [3.63, 3.8) is 0 Å². The Morgan fingerprint density at radius 1 is 1.25 bits per heavy atom. The molecule has 4 heteroatoms. The van der Waals surface area contributed by atoms with Crippen molar-refractivity contribution in [3.05, 3.63) is 52.0 Å². The molecule has 2 aromatic rings. The third-order valence-corrected chi connectivity index (χ3v) is 2.82. The fourth-order valence-corrected chi connectivity index (χ4v) is 1.84. The molecule has 0 aliphatic heterocycles. The number of aliphatic hydroxyl groups excluding tert-OH is 1. The first-order valence-electron chi connectivity index (χ1n) is 4.79. The van der Waals surface area contributed by atoms with Crippen molar-refractivity contribution in [1.29, 1.82) is 0 Å². The van der Waals surface area contributed by atoms with E-state index in [1.165, 1.54) is 0 Å². The van der Waals surface area contributed by atoms with E-state index in [0.29, 0.717) is 5.56 Å². The third-order valence-electron chi connectivity index (χ3n) is 2.08. The summed E-state index contributed by atoms with van der Waals surface area (Å²) in [6.07, 6.45) is 4.12. The van der Waals surface area contributed by atoms with Crippen LogP contribution in [0.15, 0.2) is 35.8 Å². The van der Waals surface area contributed by atoms with Crippen molar-refractivity contribution in [2.24, 2.45) is 0 Å². The highest BCUT2D eigenvalue weighted by Gasteiger charge is 2.01. The highest BCUT2D eigenvalue weighted by Crippen LogP contribution is 2.15. The van der Waals surface area contributed by atoms with Crippen LogP contribution in [0, 0.1) is 0 Å². The second-order valence-electron chi connectivity index (χ2n) is 3.25.